The van der Waals surface area contributed by atoms with E-state index in [-0.39, 0.29) is 17.1 Å². The highest BCUT2D eigenvalue weighted by Gasteiger charge is 2.25. The number of amides is 1. The molecule has 1 aromatic heterocycles. The van der Waals surface area contributed by atoms with Gasteiger partial charge in [-0.3, -0.25) is 14.4 Å². The Hall–Kier alpha value is -3.66. The van der Waals surface area contributed by atoms with Gasteiger partial charge in [0.05, 0.1) is 28.3 Å². The first-order valence-corrected chi connectivity index (χ1v) is 12.0. The SMILES string of the molecule is Cc1ccc(S(=O)(=O)Nc2cccc3ccc(CN(CC(=O)O)C(=O)OC(C)(C)C)nc23)cc1. The number of fused-ring (bicyclic) bond motifs is 1. The van der Waals surface area contributed by atoms with E-state index < -0.39 is 34.2 Å². The first kappa shape index (κ1) is 25.0. The second kappa shape index (κ2) is 9.68. The van der Waals surface area contributed by atoms with Gasteiger partial charge in [0.15, 0.2) is 0 Å². The van der Waals surface area contributed by atoms with Crippen LogP contribution in [0.3, 0.4) is 0 Å². The number of nitrogens with zero attached hydrogens (tertiary/aromatic N) is 2. The molecule has 34 heavy (non-hydrogen) atoms. The molecule has 0 atom stereocenters. The van der Waals surface area contributed by atoms with Gasteiger partial charge in [-0.1, -0.05) is 35.9 Å². The summed E-state index contributed by atoms with van der Waals surface area (Å²) in [6, 6.07) is 14.9. The average Bonchev–Trinajstić information content (AvgIpc) is 2.72. The van der Waals surface area contributed by atoms with E-state index in [1.54, 1.807) is 63.2 Å². The quantitative estimate of drug-likeness (QED) is 0.514. The second-order valence-corrected chi connectivity index (χ2v) is 10.5. The fourth-order valence-electron chi connectivity index (χ4n) is 3.15. The van der Waals surface area contributed by atoms with E-state index in [1.165, 1.54) is 12.1 Å². The van der Waals surface area contributed by atoms with Crippen LogP contribution in [0.4, 0.5) is 10.5 Å². The lowest BCUT2D eigenvalue weighted by Gasteiger charge is -2.26. The summed E-state index contributed by atoms with van der Waals surface area (Å²) in [7, 11) is -3.86. The summed E-state index contributed by atoms with van der Waals surface area (Å²) in [4.78, 5) is 29.5. The van der Waals surface area contributed by atoms with Gasteiger partial charge in [0, 0.05) is 5.39 Å². The summed E-state index contributed by atoms with van der Waals surface area (Å²) in [6.07, 6.45) is -0.787. The molecule has 0 aliphatic heterocycles. The number of hydrogen-bond acceptors (Lipinski definition) is 6. The number of carboxylic acid groups (broad SMARTS) is 1. The molecule has 0 saturated heterocycles. The van der Waals surface area contributed by atoms with Crippen molar-refractivity contribution < 1.29 is 27.9 Å². The Bertz CT molecular complexity index is 1310. The van der Waals surface area contributed by atoms with Crippen molar-refractivity contribution in [3.8, 4) is 0 Å². The number of carbonyl (C=O) groups excluding carboxylic acids is 1. The summed E-state index contributed by atoms with van der Waals surface area (Å²) >= 11 is 0. The maximum atomic E-state index is 12.9. The number of rotatable bonds is 7. The van der Waals surface area contributed by atoms with Gasteiger partial charge in [0.2, 0.25) is 0 Å². The fourth-order valence-corrected chi connectivity index (χ4v) is 4.22. The van der Waals surface area contributed by atoms with Gasteiger partial charge in [0.1, 0.15) is 12.1 Å². The lowest BCUT2D eigenvalue weighted by atomic mass is 10.1. The van der Waals surface area contributed by atoms with Gasteiger partial charge in [-0.2, -0.15) is 0 Å². The van der Waals surface area contributed by atoms with Crippen molar-refractivity contribution in [2.75, 3.05) is 11.3 Å². The number of aryl methyl sites for hydroxylation is 1. The molecule has 0 unspecified atom stereocenters. The maximum Gasteiger partial charge on any atom is 0.411 e. The smallest absolute Gasteiger partial charge is 0.411 e. The third-order valence-corrected chi connectivity index (χ3v) is 6.07. The predicted molar refractivity (Wildman–Crippen MR) is 128 cm³/mol. The molecule has 0 aliphatic carbocycles. The van der Waals surface area contributed by atoms with E-state index in [0.717, 1.165) is 10.5 Å². The van der Waals surface area contributed by atoms with Crippen LogP contribution in [-0.2, 0) is 26.1 Å². The molecule has 0 aliphatic rings. The Balaban J connectivity index is 1.93. The number of aliphatic carboxylic acids is 1. The molecular formula is C24H27N3O6S. The Morgan fingerprint density at radius 3 is 2.35 bits per heavy atom. The van der Waals surface area contributed by atoms with E-state index in [1.807, 2.05) is 6.92 Å². The van der Waals surface area contributed by atoms with Gasteiger partial charge in [-0.25, -0.2) is 18.2 Å². The highest BCUT2D eigenvalue weighted by Crippen LogP contribution is 2.25. The average molecular weight is 486 g/mol. The van der Waals surface area contributed by atoms with Crippen LogP contribution in [0.2, 0.25) is 0 Å². The second-order valence-electron chi connectivity index (χ2n) is 8.83. The Morgan fingerprint density at radius 2 is 1.74 bits per heavy atom. The number of aromatic nitrogens is 1. The number of carboxylic acids is 1. The van der Waals surface area contributed by atoms with Crippen LogP contribution >= 0.6 is 0 Å². The molecule has 9 nitrogen and oxygen atoms in total. The van der Waals surface area contributed by atoms with Gasteiger partial charge in [-0.15, -0.1) is 0 Å². The molecule has 1 amide bonds. The Morgan fingerprint density at radius 1 is 1.06 bits per heavy atom. The van der Waals surface area contributed by atoms with Crippen LogP contribution in [0.15, 0.2) is 59.5 Å². The molecular weight excluding hydrogens is 458 g/mol. The molecule has 3 rings (SSSR count). The summed E-state index contributed by atoms with van der Waals surface area (Å²) in [6.45, 7) is 6.22. The predicted octanol–water partition coefficient (Wildman–Crippen LogP) is 4.17. The maximum absolute atomic E-state index is 12.9. The zero-order chi connectivity index (χ0) is 25.1. The van der Waals surface area contributed by atoms with Crippen molar-refractivity contribution >= 4 is 38.7 Å². The van der Waals surface area contributed by atoms with Crippen LogP contribution in [0.1, 0.15) is 32.0 Å². The van der Waals surface area contributed by atoms with Gasteiger partial charge < -0.3 is 9.84 Å². The van der Waals surface area contributed by atoms with E-state index >= 15 is 0 Å². The Kier molecular flexibility index (Phi) is 7.11. The topological polar surface area (TPSA) is 126 Å². The molecule has 0 spiro atoms. The molecule has 2 aromatic carbocycles. The minimum absolute atomic E-state index is 0.115. The highest BCUT2D eigenvalue weighted by atomic mass is 32.2. The molecule has 0 bridgehead atoms. The largest absolute Gasteiger partial charge is 0.480 e. The minimum atomic E-state index is -3.86. The van der Waals surface area contributed by atoms with Crippen LogP contribution in [-0.4, -0.2) is 47.6 Å². The van der Waals surface area contributed by atoms with Crippen LogP contribution < -0.4 is 4.72 Å². The summed E-state index contributed by atoms with van der Waals surface area (Å²) < 4.78 is 33.7. The molecule has 0 fully saturated rings. The minimum Gasteiger partial charge on any atom is -0.480 e. The number of anilines is 1. The molecule has 1 heterocycles. The number of para-hydroxylation sites is 1. The van der Waals surface area contributed by atoms with Gasteiger partial charge >= 0.3 is 12.1 Å². The van der Waals surface area contributed by atoms with Crippen molar-refractivity contribution in [3.63, 3.8) is 0 Å². The van der Waals surface area contributed by atoms with Crippen LogP contribution in [0.25, 0.3) is 10.9 Å². The number of carbonyl (C=O) groups is 2. The van der Waals surface area contributed by atoms with Gasteiger partial charge in [0.25, 0.3) is 10.0 Å². The summed E-state index contributed by atoms with van der Waals surface area (Å²) in [5.41, 5.74) is 1.15. The van der Waals surface area contributed by atoms with Crippen molar-refractivity contribution in [2.24, 2.45) is 0 Å². The number of sulfonamides is 1. The fraction of sp³-hybridized carbons (Fsp3) is 0.292. The lowest BCUT2D eigenvalue weighted by Crippen LogP contribution is -2.39. The first-order valence-electron chi connectivity index (χ1n) is 10.5. The van der Waals surface area contributed by atoms with Crippen molar-refractivity contribution in [1.29, 1.82) is 0 Å². The zero-order valence-corrected chi connectivity index (χ0v) is 20.2. The molecule has 3 aromatic rings. The first-order chi connectivity index (χ1) is 15.8. The van der Waals surface area contributed by atoms with Crippen molar-refractivity contribution in [3.05, 3.63) is 65.9 Å². The van der Waals surface area contributed by atoms with E-state index in [0.29, 0.717) is 16.6 Å². The normalized spacial score (nSPS) is 11.8. The third kappa shape index (κ3) is 6.44. The van der Waals surface area contributed by atoms with E-state index in [2.05, 4.69) is 9.71 Å². The standard InChI is InChI=1S/C24H27N3O6S/c1-16-8-12-19(13-9-16)34(31,32)26-20-7-5-6-17-10-11-18(25-22(17)20)14-27(15-21(28)29)23(30)33-24(2,3)4/h5-13,26H,14-15H2,1-4H3,(H,28,29). The Labute approximate surface area is 198 Å². The van der Waals surface area contributed by atoms with Crippen molar-refractivity contribution in [1.82, 2.24) is 9.88 Å². The van der Waals surface area contributed by atoms with E-state index in [4.69, 9.17) is 4.74 Å². The van der Waals surface area contributed by atoms with E-state index in [9.17, 15) is 23.1 Å². The number of ether oxygens (including phenoxy) is 1. The highest BCUT2D eigenvalue weighted by molar-refractivity contribution is 7.92. The summed E-state index contributed by atoms with van der Waals surface area (Å²) in [5.74, 6) is -1.20. The molecule has 10 heteroatoms. The van der Waals surface area contributed by atoms with Crippen molar-refractivity contribution in [2.45, 2.75) is 44.7 Å². The number of pyridine rings is 1. The molecule has 0 saturated carbocycles. The number of benzene rings is 2. The third-order valence-electron chi connectivity index (χ3n) is 4.68. The number of nitrogens with one attached hydrogen (secondary N) is 1. The number of hydrogen-bond donors (Lipinski definition) is 2. The zero-order valence-electron chi connectivity index (χ0n) is 19.4. The summed E-state index contributed by atoms with van der Waals surface area (Å²) in [5, 5.41) is 9.91. The van der Waals surface area contributed by atoms with Crippen LogP contribution in [0, 0.1) is 6.92 Å². The molecule has 0 radical (unpaired) electrons. The molecule has 180 valence electrons. The monoisotopic (exact) mass is 485 g/mol. The van der Waals surface area contributed by atoms with Gasteiger partial charge in [-0.05, 0) is 52.0 Å². The molecule has 2 N–H and O–H groups in total. The lowest BCUT2D eigenvalue weighted by molar-refractivity contribution is -0.138. The van der Waals surface area contributed by atoms with Crippen LogP contribution in [0.5, 0.6) is 0 Å².